The summed E-state index contributed by atoms with van der Waals surface area (Å²) in [5.41, 5.74) is 1.94. The number of nitrogens with zero attached hydrogens (tertiary/aromatic N) is 3. The first-order chi connectivity index (χ1) is 13.8. The molecule has 1 amide bonds. The highest BCUT2D eigenvalue weighted by atomic mass is 35.5. The molecule has 0 saturated heterocycles. The topological polar surface area (TPSA) is 82.2 Å². The van der Waals surface area contributed by atoms with Crippen LogP contribution in [0.4, 0.5) is 8.78 Å². The van der Waals surface area contributed by atoms with Gasteiger partial charge in [-0.3, -0.25) is 9.48 Å². The standard InChI is InChI=1S/C19H19ClF2N4O3/c1-10-17(20)11(2)26(24-10)7-6-23-19(27)18-14(12(3)29-25-18)9-28-16-5-4-13(21)8-15(16)22/h4-5,8H,6-7,9H2,1-3H3,(H,23,27). The number of aryl methyl sites for hydroxylation is 2. The molecule has 0 atom stereocenters. The van der Waals surface area contributed by atoms with Gasteiger partial charge < -0.3 is 14.6 Å². The molecule has 0 radical (unpaired) electrons. The van der Waals surface area contributed by atoms with Gasteiger partial charge >= 0.3 is 0 Å². The Morgan fingerprint density at radius 2 is 2.07 bits per heavy atom. The Morgan fingerprint density at radius 1 is 1.31 bits per heavy atom. The number of carbonyl (C=O) groups is 1. The highest BCUT2D eigenvalue weighted by Crippen LogP contribution is 2.22. The van der Waals surface area contributed by atoms with Crippen LogP contribution in [-0.4, -0.2) is 27.4 Å². The van der Waals surface area contributed by atoms with Crippen molar-refractivity contribution in [3.8, 4) is 5.75 Å². The number of benzene rings is 1. The lowest BCUT2D eigenvalue weighted by Gasteiger charge is -2.09. The molecule has 0 aliphatic heterocycles. The van der Waals surface area contributed by atoms with Crippen LogP contribution >= 0.6 is 11.6 Å². The quantitative estimate of drug-likeness (QED) is 0.624. The number of ether oxygens (including phenoxy) is 1. The number of hydrogen-bond acceptors (Lipinski definition) is 5. The summed E-state index contributed by atoms with van der Waals surface area (Å²) in [6.45, 7) is 5.81. The molecule has 2 aromatic heterocycles. The van der Waals surface area contributed by atoms with E-state index < -0.39 is 17.5 Å². The van der Waals surface area contributed by atoms with Gasteiger partial charge in [-0.2, -0.15) is 5.10 Å². The zero-order valence-electron chi connectivity index (χ0n) is 16.1. The van der Waals surface area contributed by atoms with E-state index in [4.69, 9.17) is 20.9 Å². The van der Waals surface area contributed by atoms with Gasteiger partial charge in [0.1, 0.15) is 18.2 Å². The first kappa shape index (κ1) is 20.8. The van der Waals surface area contributed by atoms with Crippen molar-refractivity contribution in [1.29, 1.82) is 0 Å². The number of halogens is 3. The molecule has 1 N–H and O–H groups in total. The van der Waals surface area contributed by atoms with Crippen molar-refractivity contribution in [2.24, 2.45) is 0 Å². The molecule has 2 heterocycles. The molecule has 10 heteroatoms. The molecule has 1 aromatic carbocycles. The Hall–Kier alpha value is -2.94. The Kier molecular flexibility index (Phi) is 6.17. The minimum absolute atomic E-state index is 0.0384. The van der Waals surface area contributed by atoms with Crippen molar-refractivity contribution in [3.63, 3.8) is 0 Å². The molecule has 3 aromatic rings. The van der Waals surface area contributed by atoms with E-state index in [1.165, 1.54) is 6.07 Å². The van der Waals surface area contributed by atoms with Crippen molar-refractivity contribution in [2.45, 2.75) is 33.9 Å². The third-order valence-corrected chi connectivity index (χ3v) is 4.92. The van der Waals surface area contributed by atoms with E-state index in [9.17, 15) is 13.6 Å². The minimum Gasteiger partial charge on any atom is -0.486 e. The molecule has 3 rings (SSSR count). The smallest absolute Gasteiger partial charge is 0.273 e. The van der Waals surface area contributed by atoms with Gasteiger partial charge in [0.2, 0.25) is 0 Å². The second kappa shape index (κ2) is 8.60. The van der Waals surface area contributed by atoms with E-state index in [1.807, 2.05) is 6.92 Å². The number of carbonyl (C=O) groups excluding carboxylic acids is 1. The molecule has 7 nitrogen and oxygen atoms in total. The van der Waals surface area contributed by atoms with Crippen LogP contribution in [0.25, 0.3) is 0 Å². The van der Waals surface area contributed by atoms with Gasteiger partial charge in [-0.15, -0.1) is 0 Å². The van der Waals surface area contributed by atoms with Crippen molar-refractivity contribution in [3.05, 3.63) is 63.3 Å². The number of aromatic nitrogens is 3. The number of hydrogen-bond donors (Lipinski definition) is 1. The van der Waals surface area contributed by atoms with Gasteiger partial charge in [-0.1, -0.05) is 16.8 Å². The van der Waals surface area contributed by atoms with Gasteiger partial charge in [0.05, 0.1) is 28.5 Å². The molecule has 0 spiro atoms. The van der Waals surface area contributed by atoms with Crippen LogP contribution in [0.3, 0.4) is 0 Å². The predicted octanol–water partition coefficient (Wildman–Crippen LogP) is 3.74. The van der Waals surface area contributed by atoms with E-state index in [2.05, 4.69) is 15.6 Å². The summed E-state index contributed by atoms with van der Waals surface area (Å²) >= 11 is 6.11. The Labute approximate surface area is 170 Å². The van der Waals surface area contributed by atoms with Crippen LogP contribution < -0.4 is 10.1 Å². The Bertz CT molecular complexity index is 1050. The molecule has 0 saturated carbocycles. The largest absolute Gasteiger partial charge is 0.486 e. The van der Waals surface area contributed by atoms with Crippen LogP contribution in [0, 0.1) is 32.4 Å². The molecule has 0 aliphatic carbocycles. The summed E-state index contributed by atoms with van der Waals surface area (Å²) in [6, 6.07) is 2.97. The molecule has 0 unspecified atom stereocenters. The van der Waals surface area contributed by atoms with Crippen molar-refractivity contribution in [2.75, 3.05) is 6.54 Å². The predicted molar refractivity (Wildman–Crippen MR) is 101 cm³/mol. The van der Waals surface area contributed by atoms with Crippen LogP contribution in [0.5, 0.6) is 5.75 Å². The third-order valence-electron chi connectivity index (χ3n) is 4.37. The fraction of sp³-hybridized carbons (Fsp3) is 0.316. The fourth-order valence-electron chi connectivity index (χ4n) is 2.73. The van der Waals surface area contributed by atoms with Crippen molar-refractivity contribution < 1.29 is 22.8 Å². The molecule has 29 heavy (non-hydrogen) atoms. The summed E-state index contributed by atoms with van der Waals surface area (Å²) in [6.07, 6.45) is 0. The summed E-state index contributed by atoms with van der Waals surface area (Å²) in [5.74, 6) is -1.79. The normalized spacial score (nSPS) is 11.0. The lowest BCUT2D eigenvalue weighted by atomic mass is 10.2. The maximum absolute atomic E-state index is 13.7. The van der Waals surface area contributed by atoms with Crippen LogP contribution in [0.15, 0.2) is 22.7 Å². The molecule has 0 bridgehead atoms. The van der Waals surface area contributed by atoms with Crippen LogP contribution in [0.1, 0.15) is 33.2 Å². The third kappa shape index (κ3) is 4.56. The lowest BCUT2D eigenvalue weighted by Crippen LogP contribution is -2.29. The van der Waals surface area contributed by atoms with E-state index in [1.54, 1.807) is 18.5 Å². The zero-order chi connectivity index (χ0) is 21.1. The summed E-state index contributed by atoms with van der Waals surface area (Å²) in [4.78, 5) is 12.5. The van der Waals surface area contributed by atoms with Gasteiger partial charge in [-0.05, 0) is 32.9 Å². The first-order valence-electron chi connectivity index (χ1n) is 8.78. The summed E-state index contributed by atoms with van der Waals surface area (Å²) in [5, 5.41) is 11.4. The van der Waals surface area contributed by atoms with Crippen molar-refractivity contribution >= 4 is 17.5 Å². The van der Waals surface area contributed by atoms with Crippen LogP contribution in [-0.2, 0) is 13.2 Å². The molecule has 0 fully saturated rings. The Balaban J connectivity index is 1.63. The maximum Gasteiger partial charge on any atom is 0.273 e. The van der Waals surface area contributed by atoms with E-state index in [0.717, 1.165) is 17.5 Å². The average Bonchev–Trinajstić information content (AvgIpc) is 3.16. The number of rotatable bonds is 7. The van der Waals surface area contributed by atoms with Gasteiger partial charge in [0.15, 0.2) is 17.3 Å². The maximum atomic E-state index is 13.7. The summed E-state index contributed by atoms with van der Waals surface area (Å²) in [7, 11) is 0. The van der Waals surface area contributed by atoms with E-state index >= 15 is 0 Å². The number of nitrogens with one attached hydrogen (secondary N) is 1. The van der Waals surface area contributed by atoms with E-state index in [-0.39, 0.29) is 24.6 Å². The highest BCUT2D eigenvalue weighted by Gasteiger charge is 2.21. The minimum atomic E-state index is -0.839. The van der Waals surface area contributed by atoms with Crippen LogP contribution in [0.2, 0.25) is 5.02 Å². The Morgan fingerprint density at radius 3 is 2.72 bits per heavy atom. The average molecular weight is 425 g/mol. The van der Waals surface area contributed by atoms with Gasteiger partial charge in [0.25, 0.3) is 5.91 Å². The summed E-state index contributed by atoms with van der Waals surface area (Å²) < 4.78 is 38.9. The zero-order valence-corrected chi connectivity index (χ0v) is 16.8. The highest BCUT2D eigenvalue weighted by molar-refractivity contribution is 6.31. The second-order valence-electron chi connectivity index (χ2n) is 6.39. The monoisotopic (exact) mass is 424 g/mol. The van der Waals surface area contributed by atoms with Crippen molar-refractivity contribution in [1.82, 2.24) is 20.3 Å². The molecular formula is C19H19ClF2N4O3. The first-order valence-corrected chi connectivity index (χ1v) is 9.16. The van der Waals surface area contributed by atoms with Gasteiger partial charge in [-0.25, -0.2) is 8.78 Å². The van der Waals surface area contributed by atoms with E-state index in [0.29, 0.717) is 29.0 Å². The lowest BCUT2D eigenvalue weighted by molar-refractivity contribution is 0.0940. The molecule has 0 aliphatic rings. The fourth-order valence-corrected chi connectivity index (χ4v) is 2.87. The number of amides is 1. The molecule has 154 valence electrons. The second-order valence-corrected chi connectivity index (χ2v) is 6.77. The molecular weight excluding hydrogens is 406 g/mol. The van der Waals surface area contributed by atoms with Gasteiger partial charge in [0, 0.05) is 12.6 Å². The SMILES string of the molecule is Cc1nn(CCNC(=O)c2noc(C)c2COc2ccc(F)cc2F)c(C)c1Cl.